The lowest BCUT2D eigenvalue weighted by Crippen LogP contribution is -2.48. The minimum absolute atomic E-state index is 0.159. The Labute approximate surface area is 187 Å². The number of rotatable bonds is 10. The van der Waals surface area contributed by atoms with E-state index in [9.17, 15) is 9.59 Å². The molecule has 0 spiro atoms. The smallest absolute Gasteiger partial charge is 0.262 e. The second kappa shape index (κ2) is 11.6. The SMILES string of the molecule is COc1ccc(C(=O)NC(C(=O)NN=Cc2cc(OC)c(OC)c(OC)c2)C(C)C)cc1. The summed E-state index contributed by atoms with van der Waals surface area (Å²) >= 11 is 0. The molecule has 9 heteroatoms. The summed E-state index contributed by atoms with van der Waals surface area (Å²) in [6.07, 6.45) is 1.45. The number of benzene rings is 2. The van der Waals surface area contributed by atoms with Crippen LogP contribution >= 0.6 is 0 Å². The Morgan fingerprint density at radius 2 is 1.50 bits per heavy atom. The van der Waals surface area contributed by atoms with E-state index in [1.807, 2.05) is 13.8 Å². The summed E-state index contributed by atoms with van der Waals surface area (Å²) < 4.78 is 21.0. The number of nitrogens with one attached hydrogen (secondary N) is 2. The second-order valence-electron chi connectivity index (χ2n) is 7.12. The maximum Gasteiger partial charge on any atom is 0.262 e. The van der Waals surface area contributed by atoms with E-state index in [1.54, 1.807) is 43.5 Å². The van der Waals surface area contributed by atoms with Crippen LogP contribution in [0.2, 0.25) is 0 Å². The summed E-state index contributed by atoms with van der Waals surface area (Å²) in [4.78, 5) is 25.2. The monoisotopic (exact) mass is 443 g/mol. The quantitative estimate of drug-likeness (QED) is 0.432. The van der Waals surface area contributed by atoms with Gasteiger partial charge in [-0.25, -0.2) is 5.43 Å². The Morgan fingerprint density at radius 3 is 1.97 bits per heavy atom. The highest BCUT2D eigenvalue weighted by atomic mass is 16.5. The molecule has 0 aliphatic heterocycles. The van der Waals surface area contributed by atoms with Crippen molar-refractivity contribution in [3.8, 4) is 23.0 Å². The van der Waals surface area contributed by atoms with Gasteiger partial charge >= 0.3 is 0 Å². The van der Waals surface area contributed by atoms with Crippen LogP contribution < -0.4 is 29.7 Å². The molecule has 0 saturated carbocycles. The molecule has 2 N–H and O–H groups in total. The van der Waals surface area contributed by atoms with Crippen LogP contribution in [0, 0.1) is 5.92 Å². The van der Waals surface area contributed by atoms with Crippen molar-refractivity contribution in [3.63, 3.8) is 0 Å². The number of hydrazone groups is 1. The number of hydrogen-bond donors (Lipinski definition) is 2. The molecule has 172 valence electrons. The third-order valence-corrected chi connectivity index (χ3v) is 4.66. The summed E-state index contributed by atoms with van der Waals surface area (Å²) in [5, 5.41) is 6.76. The normalized spacial score (nSPS) is 11.7. The first kappa shape index (κ1) is 24.5. The van der Waals surface area contributed by atoms with Gasteiger partial charge in [-0.1, -0.05) is 13.8 Å². The van der Waals surface area contributed by atoms with Crippen LogP contribution in [0.5, 0.6) is 23.0 Å². The van der Waals surface area contributed by atoms with Gasteiger partial charge in [-0.2, -0.15) is 5.10 Å². The van der Waals surface area contributed by atoms with Gasteiger partial charge in [0.05, 0.1) is 34.7 Å². The minimum Gasteiger partial charge on any atom is -0.497 e. The number of nitrogens with zero attached hydrogens (tertiary/aromatic N) is 1. The molecule has 0 aliphatic carbocycles. The first-order valence-electron chi connectivity index (χ1n) is 9.92. The summed E-state index contributed by atoms with van der Waals surface area (Å²) in [5.74, 6) is 1.06. The lowest BCUT2D eigenvalue weighted by molar-refractivity contribution is -0.123. The Balaban J connectivity index is 2.09. The van der Waals surface area contributed by atoms with E-state index < -0.39 is 11.9 Å². The Hall–Kier alpha value is -3.75. The van der Waals surface area contributed by atoms with Gasteiger partial charge in [0.1, 0.15) is 11.8 Å². The van der Waals surface area contributed by atoms with Gasteiger partial charge in [0, 0.05) is 11.1 Å². The maximum atomic E-state index is 12.7. The number of carbonyl (C=O) groups excluding carboxylic acids is 2. The van der Waals surface area contributed by atoms with Crippen LogP contribution in [-0.2, 0) is 4.79 Å². The molecule has 2 aromatic rings. The van der Waals surface area contributed by atoms with E-state index in [4.69, 9.17) is 18.9 Å². The molecule has 0 fully saturated rings. The number of carbonyl (C=O) groups is 2. The molecule has 32 heavy (non-hydrogen) atoms. The van der Waals surface area contributed by atoms with Gasteiger partial charge in [-0.3, -0.25) is 9.59 Å². The zero-order valence-corrected chi connectivity index (χ0v) is 19.1. The fraction of sp³-hybridized carbons (Fsp3) is 0.348. The molecule has 0 bridgehead atoms. The van der Waals surface area contributed by atoms with Crippen molar-refractivity contribution in [2.24, 2.45) is 11.0 Å². The molecule has 0 aliphatic rings. The van der Waals surface area contributed by atoms with Crippen molar-refractivity contribution >= 4 is 18.0 Å². The van der Waals surface area contributed by atoms with E-state index >= 15 is 0 Å². The number of ether oxygens (including phenoxy) is 4. The third kappa shape index (κ3) is 6.13. The number of amides is 2. The molecular weight excluding hydrogens is 414 g/mol. The standard InChI is InChI=1S/C23H29N3O6/c1-14(2)20(25-22(27)16-7-9-17(29-3)10-8-16)23(28)26-24-13-15-11-18(30-4)21(32-6)19(12-15)31-5/h7-14,20H,1-6H3,(H,25,27)(H,26,28). The van der Waals surface area contributed by atoms with Crippen molar-refractivity contribution < 1.29 is 28.5 Å². The summed E-state index contributed by atoms with van der Waals surface area (Å²) in [7, 11) is 6.09. The van der Waals surface area contributed by atoms with Gasteiger partial charge in [-0.05, 0) is 42.3 Å². The second-order valence-corrected chi connectivity index (χ2v) is 7.12. The Kier molecular flexibility index (Phi) is 8.88. The molecule has 9 nitrogen and oxygen atoms in total. The molecule has 1 atom stereocenters. The van der Waals surface area contributed by atoms with Crippen molar-refractivity contribution in [2.75, 3.05) is 28.4 Å². The van der Waals surface area contributed by atoms with Gasteiger partial charge in [-0.15, -0.1) is 0 Å². The lowest BCUT2D eigenvalue weighted by Gasteiger charge is -2.20. The van der Waals surface area contributed by atoms with Gasteiger partial charge < -0.3 is 24.3 Å². The molecule has 0 aromatic heterocycles. The van der Waals surface area contributed by atoms with E-state index in [1.165, 1.54) is 27.5 Å². The molecule has 0 heterocycles. The molecule has 0 radical (unpaired) electrons. The third-order valence-electron chi connectivity index (χ3n) is 4.66. The van der Waals surface area contributed by atoms with Crippen molar-refractivity contribution in [1.82, 2.24) is 10.7 Å². The molecule has 2 amide bonds. The van der Waals surface area contributed by atoms with Crippen LogP contribution in [0.4, 0.5) is 0 Å². The summed E-state index contributed by atoms with van der Waals surface area (Å²) in [6.45, 7) is 3.67. The fourth-order valence-corrected chi connectivity index (χ4v) is 2.92. The minimum atomic E-state index is -0.776. The zero-order chi connectivity index (χ0) is 23.7. The predicted octanol–water partition coefficient (Wildman–Crippen LogP) is 2.63. The van der Waals surface area contributed by atoms with E-state index in [-0.39, 0.29) is 11.8 Å². The van der Waals surface area contributed by atoms with E-state index in [0.717, 1.165) is 0 Å². The average molecular weight is 444 g/mol. The van der Waals surface area contributed by atoms with Gasteiger partial charge in [0.15, 0.2) is 11.5 Å². The predicted molar refractivity (Wildman–Crippen MR) is 121 cm³/mol. The van der Waals surface area contributed by atoms with Crippen molar-refractivity contribution in [2.45, 2.75) is 19.9 Å². The highest BCUT2D eigenvalue weighted by Gasteiger charge is 2.24. The number of methoxy groups -OCH3 is 4. The molecular formula is C23H29N3O6. The first-order valence-corrected chi connectivity index (χ1v) is 9.92. The maximum absolute atomic E-state index is 12.7. The van der Waals surface area contributed by atoms with E-state index in [2.05, 4.69) is 15.8 Å². The Morgan fingerprint density at radius 1 is 0.906 bits per heavy atom. The summed E-state index contributed by atoms with van der Waals surface area (Å²) in [5.41, 5.74) is 3.52. The molecule has 2 rings (SSSR count). The highest BCUT2D eigenvalue weighted by Crippen LogP contribution is 2.37. The van der Waals surface area contributed by atoms with Crippen LogP contribution in [0.1, 0.15) is 29.8 Å². The Bertz CT molecular complexity index is 932. The largest absolute Gasteiger partial charge is 0.497 e. The van der Waals surface area contributed by atoms with Crippen molar-refractivity contribution in [1.29, 1.82) is 0 Å². The van der Waals surface area contributed by atoms with Crippen LogP contribution in [-0.4, -0.2) is 52.5 Å². The summed E-state index contributed by atoms with van der Waals surface area (Å²) in [6, 6.07) is 9.24. The van der Waals surface area contributed by atoms with E-state index in [0.29, 0.717) is 34.1 Å². The molecule has 2 aromatic carbocycles. The molecule has 0 saturated heterocycles. The zero-order valence-electron chi connectivity index (χ0n) is 19.1. The number of hydrogen-bond acceptors (Lipinski definition) is 7. The lowest BCUT2D eigenvalue weighted by atomic mass is 10.0. The molecule has 1 unspecified atom stereocenters. The van der Waals surface area contributed by atoms with Crippen LogP contribution in [0.15, 0.2) is 41.5 Å². The fourth-order valence-electron chi connectivity index (χ4n) is 2.92. The van der Waals surface area contributed by atoms with Crippen LogP contribution in [0.25, 0.3) is 0 Å². The average Bonchev–Trinajstić information content (AvgIpc) is 2.81. The van der Waals surface area contributed by atoms with Crippen LogP contribution in [0.3, 0.4) is 0 Å². The highest BCUT2D eigenvalue weighted by molar-refractivity contribution is 5.97. The van der Waals surface area contributed by atoms with Crippen molar-refractivity contribution in [3.05, 3.63) is 47.5 Å². The van der Waals surface area contributed by atoms with Gasteiger partial charge in [0.2, 0.25) is 5.75 Å². The van der Waals surface area contributed by atoms with Gasteiger partial charge in [0.25, 0.3) is 11.8 Å². The first-order chi connectivity index (χ1) is 15.3. The topological polar surface area (TPSA) is 107 Å².